The van der Waals surface area contributed by atoms with Gasteiger partial charge in [0, 0.05) is 17.1 Å². The van der Waals surface area contributed by atoms with Gasteiger partial charge in [0.2, 0.25) is 0 Å². The van der Waals surface area contributed by atoms with Crippen molar-refractivity contribution in [3.8, 4) is 0 Å². The third kappa shape index (κ3) is 3.47. The molecule has 0 spiro atoms. The number of rotatable bonds is 2. The summed E-state index contributed by atoms with van der Waals surface area (Å²) in [6.07, 6.45) is 0. The number of benzene rings is 1. The van der Waals surface area contributed by atoms with Crippen molar-refractivity contribution in [2.75, 3.05) is 6.54 Å². The van der Waals surface area contributed by atoms with E-state index in [0.717, 1.165) is 0 Å². The second-order valence-corrected chi connectivity index (χ2v) is 2.80. The molecular weight excluding hydrogens is 186 g/mol. The molecule has 0 atom stereocenters. The number of hydrogen-bond donors (Lipinski definition) is 1. The van der Waals surface area contributed by atoms with E-state index in [0.29, 0.717) is 17.1 Å². The molecule has 0 heterocycles. The number of halogens is 1. The van der Waals surface area contributed by atoms with Crippen molar-refractivity contribution < 1.29 is 4.79 Å². The van der Waals surface area contributed by atoms with Gasteiger partial charge in [0.15, 0.2) is 0 Å². The molecule has 0 aliphatic heterocycles. The van der Waals surface area contributed by atoms with E-state index in [9.17, 15) is 4.79 Å². The van der Waals surface area contributed by atoms with E-state index in [2.05, 4.69) is 5.32 Å². The lowest BCUT2D eigenvalue weighted by atomic mass is 10.2. The Morgan fingerprint density at radius 2 is 1.92 bits per heavy atom. The molecule has 0 radical (unpaired) electrons. The van der Waals surface area contributed by atoms with Gasteiger partial charge in [-0.25, -0.2) is 0 Å². The van der Waals surface area contributed by atoms with E-state index >= 15 is 0 Å². The topological polar surface area (TPSA) is 29.1 Å². The predicted molar refractivity (Wildman–Crippen MR) is 56.2 cm³/mol. The third-order valence-electron chi connectivity index (χ3n) is 1.44. The van der Waals surface area contributed by atoms with Crippen LogP contribution in [0.3, 0.4) is 0 Å². The predicted octanol–water partition coefficient (Wildman–Crippen LogP) is 2.73. The van der Waals surface area contributed by atoms with E-state index in [1.807, 2.05) is 6.92 Å². The van der Waals surface area contributed by atoms with Gasteiger partial charge in [-0.1, -0.05) is 19.0 Å². The van der Waals surface area contributed by atoms with Crippen molar-refractivity contribution in [2.45, 2.75) is 14.4 Å². The number of carbonyl (C=O) groups excluding carboxylic acids is 1. The summed E-state index contributed by atoms with van der Waals surface area (Å²) in [4.78, 5) is 11.2. The maximum absolute atomic E-state index is 11.2. The zero-order valence-corrected chi connectivity index (χ0v) is 7.56. The minimum Gasteiger partial charge on any atom is -0.352 e. The van der Waals surface area contributed by atoms with Crippen LogP contribution >= 0.6 is 11.6 Å². The molecule has 3 heteroatoms. The van der Waals surface area contributed by atoms with Crippen molar-refractivity contribution in [3.63, 3.8) is 0 Å². The smallest absolute Gasteiger partial charge is 0.251 e. The molecule has 0 bridgehead atoms. The van der Waals surface area contributed by atoms with E-state index in [1.54, 1.807) is 24.3 Å². The Morgan fingerprint density at radius 1 is 1.38 bits per heavy atom. The molecule has 0 aliphatic carbocycles. The highest BCUT2D eigenvalue weighted by molar-refractivity contribution is 6.30. The number of carbonyl (C=O) groups is 1. The van der Waals surface area contributed by atoms with E-state index in [4.69, 9.17) is 11.6 Å². The third-order valence-corrected chi connectivity index (χ3v) is 1.70. The molecule has 0 fully saturated rings. The first kappa shape index (κ1) is 12.0. The largest absolute Gasteiger partial charge is 0.352 e. The maximum atomic E-state index is 11.2. The summed E-state index contributed by atoms with van der Waals surface area (Å²) >= 11 is 5.66. The fraction of sp³-hybridized carbons (Fsp3) is 0.300. The molecule has 0 saturated carbocycles. The van der Waals surface area contributed by atoms with Gasteiger partial charge in [0.05, 0.1) is 0 Å². The van der Waals surface area contributed by atoms with Crippen LogP contribution in [0, 0.1) is 0 Å². The highest BCUT2D eigenvalue weighted by atomic mass is 35.5. The Kier molecular flexibility index (Phi) is 5.16. The molecular formula is C10H14ClNO. The van der Waals surface area contributed by atoms with Gasteiger partial charge in [-0.3, -0.25) is 4.79 Å². The first-order valence-electron chi connectivity index (χ1n) is 3.78. The Bertz CT molecular complexity index is 269. The lowest BCUT2D eigenvalue weighted by Crippen LogP contribution is -2.22. The summed E-state index contributed by atoms with van der Waals surface area (Å²) < 4.78 is 0. The lowest BCUT2D eigenvalue weighted by molar-refractivity contribution is 0.0956. The fourth-order valence-electron chi connectivity index (χ4n) is 0.864. The first-order valence-corrected chi connectivity index (χ1v) is 4.15. The summed E-state index contributed by atoms with van der Waals surface area (Å²) in [5.41, 5.74) is 0.640. The van der Waals surface area contributed by atoms with Gasteiger partial charge in [-0.15, -0.1) is 0 Å². The molecule has 1 amide bonds. The van der Waals surface area contributed by atoms with Gasteiger partial charge in [-0.05, 0) is 31.2 Å². The van der Waals surface area contributed by atoms with Crippen LogP contribution in [0.4, 0.5) is 0 Å². The number of nitrogens with one attached hydrogen (secondary N) is 1. The summed E-state index contributed by atoms with van der Waals surface area (Å²) in [5, 5.41) is 3.34. The number of hydrogen-bond acceptors (Lipinski definition) is 1. The van der Waals surface area contributed by atoms with Crippen LogP contribution in [0.1, 0.15) is 24.7 Å². The quantitative estimate of drug-likeness (QED) is 0.780. The molecule has 72 valence electrons. The number of amides is 1. The normalized spacial score (nSPS) is 8.77. The van der Waals surface area contributed by atoms with Crippen LogP contribution in [0.2, 0.25) is 5.02 Å². The van der Waals surface area contributed by atoms with Crippen molar-refractivity contribution >= 4 is 17.5 Å². The maximum Gasteiger partial charge on any atom is 0.251 e. The molecule has 0 aromatic heterocycles. The molecule has 0 unspecified atom stereocenters. The molecule has 1 aromatic carbocycles. The Hall–Kier alpha value is -1.02. The monoisotopic (exact) mass is 199 g/mol. The molecule has 1 N–H and O–H groups in total. The molecule has 2 nitrogen and oxygen atoms in total. The van der Waals surface area contributed by atoms with Gasteiger partial charge in [0.25, 0.3) is 5.91 Å². The van der Waals surface area contributed by atoms with Gasteiger partial charge in [-0.2, -0.15) is 0 Å². The second kappa shape index (κ2) is 5.60. The van der Waals surface area contributed by atoms with Crippen LogP contribution in [0.15, 0.2) is 24.3 Å². The average Bonchev–Trinajstić information content (AvgIpc) is 2.06. The Labute approximate surface area is 83.9 Å². The molecule has 0 aliphatic rings. The van der Waals surface area contributed by atoms with Crippen LogP contribution in [-0.4, -0.2) is 12.5 Å². The molecule has 0 saturated heterocycles. The first-order chi connectivity index (χ1) is 5.74. The van der Waals surface area contributed by atoms with E-state index < -0.39 is 0 Å². The second-order valence-electron chi connectivity index (χ2n) is 2.37. The van der Waals surface area contributed by atoms with Crippen LogP contribution in [0.5, 0.6) is 0 Å². The summed E-state index contributed by atoms with van der Waals surface area (Å²) in [7, 11) is 0. The van der Waals surface area contributed by atoms with Crippen molar-refractivity contribution in [1.29, 1.82) is 0 Å². The Morgan fingerprint density at radius 3 is 2.38 bits per heavy atom. The summed E-state index contributed by atoms with van der Waals surface area (Å²) in [5.74, 6) is -0.0610. The van der Waals surface area contributed by atoms with Crippen LogP contribution in [-0.2, 0) is 0 Å². The SMILES string of the molecule is C.CCNC(=O)c1ccc(Cl)cc1. The van der Waals surface area contributed by atoms with Gasteiger partial charge in [0.1, 0.15) is 0 Å². The van der Waals surface area contributed by atoms with Crippen LogP contribution < -0.4 is 5.32 Å². The zero-order chi connectivity index (χ0) is 8.97. The molecule has 1 rings (SSSR count). The van der Waals surface area contributed by atoms with Crippen molar-refractivity contribution in [3.05, 3.63) is 34.9 Å². The highest BCUT2D eigenvalue weighted by Crippen LogP contribution is 2.08. The lowest BCUT2D eigenvalue weighted by Gasteiger charge is -2.00. The minimum atomic E-state index is -0.0610. The summed E-state index contributed by atoms with van der Waals surface area (Å²) in [6, 6.07) is 6.80. The van der Waals surface area contributed by atoms with E-state index in [1.165, 1.54) is 0 Å². The zero-order valence-electron chi connectivity index (χ0n) is 6.80. The Balaban J connectivity index is 0.00000144. The van der Waals surface area contributed by atoms with Crippen molar-refractivity contribution in [1.82, 2.24) is 5.32 Å². The fourth-order valence-corrected chi connectivity index (χ4v) is 0.990. The van der Waals surface area contributed by atoms with Crippen molar-refractivity contribution in [2.24, 2.45) is 0 Å². The van der Waals surface area contributed by atoms with E-state index in [-0.39, 0.29) is 13.3 Å². The molecule has 13 heavy (non-hydrogen) atoms. The highest BCUT2D eigenvalue weighted by Gasteiger charge is 2.01. The summed E-state index contributed by atoms with van der Waals surface area (Å²) in [6.45, 7) is 2.52. The van der Waals surface area contributed by atoms with Gasteiger partial charge >= 0.3 is 0 Å². The standard InChI is InChI=1S/C9H10ClNO.CH4/c1-2-11-9(12)7-3-5-8(10)6-4-7;/h3-6H,2H2,1H3,(H,11,12);1H4. The molecule has 1 aromatic rings. The average molecular weight is 200 g/mol. The van der Waals surface area contributed by atoms with Crippen LogP contribution in [0.25, 0.3) is 0 Å². The van der Waals surface area contributed by atoms with Gasteiger partial charge < -0.3 is 5.32 Å². The minimum absolute atomic E-state index is 0.